The van der Waals surface area contributed by atoms with Crippen molar-refractivity contribution in [2.45, 2.75) is 32.4 Å². The zero-order valence-electron chi connectivity index (χ0n) is 12.5. The van der Waals surface area contributed by atoms with Crippen molar-refractivity contribution in [3.05, 3.63) is 35.9 Å². The largest absolute Gasteiger partial charge is 0.475 e. The van der Waals surface area contributed by atoms with Crippen LogP contribution in [0.4, 0.5) is 0 Å². The van der Waals surface area contributed by atoms with Crippen LogP contribution in [0.5, 0.6) is 0 Å². The molecule has 2 atom stereocenters. The number of esters is 1. The van der Waals surface area contributed by atoms with E-state index in [4.69, 9.17) is 14.2 Å². The standard InChI is InChI=1S/C16H21NO4/c1-12(21-13(2)18)8-9-19-10-15-11-20-16(17-15)14-6-4-3-5-7-14/h3-7,12,15H,8-11H2,1-2H3/t12?,15-/m1/s1. The number of carbonyl (C=O) groups excluding carboxylic acids is 1. The molecule has 0 spiro atoms. The Kier molecular flexibility index (Phi) is 5.75. The lowest BCUT2D eigenvalue weighted by Gasteiger charge is -2.12. The molecule has 1 unspecified atom stereocenters. The molecular formula is C16H21NO4. The Balaban J connectivity index is 1.69. The molecule has 0 radical (unpaired) electrons. The third kappa shape index (κ3) is 5.19. The van der Waals surface area contributed by atoms with Crippen molar-refractivity contribution < 1.29 is 19.0 Å². The Labute approximate surface area is 124 Å². The van der Waals surface area contributed by atoms with Gasteiger partial charge in [-0.05, 0) is 19.1 Å². The summed E-state index contributed by atoms with van der Waals surface area (Å²) in [5.41, 5.74) is 0.989. The molecule has 0 bridgehead atoms. The van der Waals surface area contributed by atoms with E-state index in [0.29, 0.717) is 32.1 Å². The maximum Gasteiger partial charge on any atom is 0.302 e. The summed E-state index contributed by atoms with van der Waals surface area (Å²) in [6.45, 7) is 4.87. The molecule has 1 aromatic carbocycles. The Bertz CT molecular complexity index is 486. The van der Waals surface area contributed by atoms with Crippen molar-refractivity contribution in [3.63, 3.8) is 0 Å². The van der Waals surface area contributed by atoms with Gasteiger partial charge in [-0.1, -0.05) is 18.2 Å². The van der Waals surface area contributed by atoms with E-state index in [1.54, 1.807) is 0 Å². The predicted molar refractivity (Wildman–Crippen MR) is 79.4 cm³/mol. The van der Waals surface area contributed by atoms with Gasteiger partial charge < -0.3 is 14.2 Å². The van der Waals surface area contributed by atoms with Crippen molar-refractivity contribution >= 4 is 11.9 Å². The molecule has 0 saturated carbocycles. The first-order valence-corrected chi connectivity index (χ1v) is 7.16. The molecule has 1 aromatic rings. The van der Waals surface area contributed by atoms with E-state index in [1.807, 2.05) is 37.3 Å². The lowest BCUT2D eigenvalue weighted by molar-refractivity contribution is -0.146. The average Bonchev–Trinajstić information content (AvgIpc) is 2.93. The first-order chi connectivity index (χ1) is 10.1. The van der Waals surface area contributed by atoms with Gasteiger partial charge in [-0.25, -0.2) is 4.99 Å². The minimum absolute atomic E-state index is 0.0317. The van der Waals surface area contributed by atoms with Crippen LogP contribution in [0.2, 0.25) is 0 Å². The monoisotopic (exact) mass is 291 g/mol. The van der Waals surface area contributed by atoms with Gasteiger partial charge in [0.2, 0.25) is 5.90 Å². The smallest absolute Gasteiger partial charge is 0.302 e. The summed E-state index contributed by atoms with van der Waals surface area (Å²) in [6.07, 6.45) is 0.563. The van der Waals surface area contributed by atoms with Gasteiger partial charge in [-0.2, -0.15) is 0 Å². The topological polar surface area (TPSA) is 57.1 Å². The normalized spacial score (nSPS) is 18.8. The van der Waals surface area contributed by atoms with Crippen LogP contribution in [-0.2, 0) is 19.0 Å². The van der Waals surface area contributed by atoms with Crippen LogP contribution in [0.25, 0.3) is 0 Å². The number of rotatable bonds is 7. The molecule has 114 valence electrons. The van der Waals surface area contributed by atoms with Gasteiger partial charge >= 0.3 is 5.97 Å². The average molecular weight is 291 g/mol. The quantitative estimate of drug-likeness (QED) is 0.571. The Morgan fingerprint density at radius 2 is 2.19 bits per heavy atom. The van der Waals surface area contributed by atoms with E-state index in [0.717, 1.165) is 5.56 Å². The second-order valence-corrected chi connectivity index (χ2v) is 5.05. The van der Waals surface area contributed by atoms with Crippen molar-refractivity contribution in [1.29, 1.82) is 0 Å². The van der Waals surface area contributed by atoms with Gasteiger partial charge in [-0.15, -0.1) is 0 Å². The van der Waals surface area contributed by atoms with Crippen LogP contribution in [0, 0.1) is 0 Å². The molecule has 0 amide bonds. The Hall–Kier alpha value is -1.88. The molecule has 0 aliphatic carbocycles. The SMILES string of the molecule is CC(=O)OC(C)CCOC[C@@H]1COC(c2ccccc2)=N1. The molecule has 0 aromatic heterocycles. The molecule has 0 fully saturated rings. The van der Waals surface area contributed by atoms with E-state index in [-0.39, 0.29) is 18.1 Å². The number of aliphatic imine (C=N–C) groups is 1. The molecule has 21 heavy (non-hydrogen) atoms. The fourth-order valence-corrected chi connectivity index (χ4v) is 2.05. The summed E-state index contributed by atoms with van der Waals surface area (Å²) in [6, 6.07) is 9.86. The van der Waals surface area contributed by atoms with E-state index in [2.05, 4.69) is 4.99 Å². The Morgan fingerprint density at radius 3 is 2.90 bits per heavy atom. The van der Waals surface area contributed by atoms with E-state index >= 15 is 0 Å². The summed E-state index contributed by atoms with van der Waals surface area (Å²) in [4.78, 5) is 15.3. The summed E-state index contributed by atoms with van der Waals surface area (Å²) in [5, 5.41) is 0. The van der Waals surface area contributed by atoms with Crippen molar-refractivity contribution in [1.82, 2.24) is 0 Å². The number of hydrogen-bond donors (Lipinski definition) is 0. The number of nitrogens with zero attached hydrogens (tertiary/aromatic N) is 1. The molecule has 1 aliphatic heterocycles. The van der Waals surface area contributed by atoms with Gasteiger partial charge in [-0.3, -0.25) is 4.79 Å². The highest BCUT2D eigenvalue weighted by Crippen LogP contribution is 2.12. The second kappa shape index (κ2) is 7.78. The first kappa shape index (κ1) is 15.5. The van der Waals surface area contributed by atoms with Crippen molar-refractivity contribution in [2.24, 2.45) is 4.99 Å². The van der Waals surface area contributed by atoms with E-state index < -0.39 is 0 Å². The highest BCUT2D eigenvalue weighted by Gasteiger charge is 2.20. The molecular weight excluding hydrogens is 270 g/mol. The van der Waals surface area contributed by atoms with Gasteiger partial charge in [0.25, 0.3) is 0 Å². The molecule has 2 rings (SSSR count). The van der Waals surface area contributed by atoms with Crippen LogP contribution in [0.3, 0.4) is 0 Å². The van der Waals surface area contributed by atoms with Crippen LogP contribution in [0.15, 0.2) is 35.3 Å². The van der Waals surface area contributed by atoms with Gasteiger partial charge in [0.05, 0.1) is 13.2 Å². The number of ether oxygens (including phenoxy) is 3. The summed E-state index contributed by atoms with van der Waals surface area (Å²) in [7, 11) is 0. The first-order valence-electron chi connectivity index (χ1n) is 7.16. The third-order valence-electron chi connectivity index (χ3n) is 3.08. The molecule has 1 aliphatic rings. The highest BCUT2D eigenvalue weighted by molar-refractivity contribution is 5.95. The zero-order valence-corrected chi connectivity index (χ0v) is 12.5. The second-order valence-electron chi connectivity index (χ2n) is 5.05. The number of hydrogen-bond acceptors (Lipinski definition) is 5. The lowest BCUT2D eigenvalue weighted by atomic mass is 10.2. The maximum atomic E-state index is 10.8. The highest BCUT2D eigenvalue weighted by atomic mass is 16.5. The zero-order chi connectivity index (χ0) is 15.1. The van der Waals surface area contributed by atoms with Crippen LogP contribution in [-0.4, -0.2) is 43.8 Å². The van der Waals surface area contributed by atoms with Crippen LogP contribution >= 0.6 is 0 Å². The van der Waals surface area contributed by atoms with Gasteiger partial charge in [0.1, 0.15) is 18.8 Å². The number of carbonyl (C=O) groups is 1. The van der Waals surface area contributed by atoms with E-state index in [9.17, 15) is 4.79 Å². The fraction of sp³-hybridized carbons (Fsp3) is 0.500. The third-order valence-corrected chi connectivity index (χ3v) is 3.08. The minimum atomic E-state index is -0.260. The maximum absolute atomic E-state index is 10.8. The lowest BCUT2D eigenvalue weighted by Crippen LogP contribution is -2.18. The summed E-state index contributed by atoms with van der Waals surface area (Å²) in [5.74, 6) is 0.418. The van der Waals surface area contributed by atoms with Gasteiger partial charge in [0, 0.05) is 18.9 Å². The molecule has 5 nitrogen and oxygen atoms in total. The van der Waals surface area contributed by atoms with Crippen LogP contribution < -0.4 is 0 Å². The van der Waals surface area contributed by atoms with E-state index in [1.165, 1.54) is 6.92 Å². The molecule has 0 saturated heterocycles. The molecule has 0 N–H and O–H groups in total. The minimum Gasteiger partial charge on any atom is -0.475 e. The fourth-order valence-electron chi connectivity index (χ4n) is 2.05. The predicted octanol–water partition coefficient (Wildman–Crippen LogP) is 2.19. The number of benzene rings is 1. The van der Waals surface area contributed by atoms with Crippen molar-refractivity contribution in [2.75, 3.05) is 19.8 Å². The Morgan fingerprint density at radius 1 is 1.43 bits per heavy atom. The summed E-state index contributed by atoms with van der Waals surface area (Å²) >= 11 is 0. The summed E-state index contributed by atoms with van der Waals surface area (Å²) < 4.78 is 16.2. The van der Waals surface area contributed by atoms with Crippen molar-refractivity contribution in [3.8, 4) is 0 Å². The van der Waals surface area contributed by atoms with Gasteiger partial charge in [0.15, 0.2) is 0 Å². The van der Waals surface area contributed by atoms with Crippen LogP contribution in [0.1, 0.15) is 25.8 Å². The molecule has 5 heteroatoms. The molecule has 1 heterocycles.